The Morgan fingerprint density at radius 3 is 2.76 bits per heavy atom. The molecule has 1 N–H and O–H groups in total. The van der Waals surface area contributed by atoms with Crippen LogP contribution in [0.1, 0.15) is 19.4 Å². The lowest BCUT2D eigenvalue weighted by Gasteiger charge is -2.11. The summed E-state index contributed by atoms with van der Waals surface area (Å²) in [6, 6.07) is 9.30. The fourth-order valence-corrected chi connectivity index (χ4v) is 2.32. The van der Waals surface area contributed by atoms with Crippen molar-refractivity contribution in [3.05, 3.63) is 60.1 Å². The van der Waals surface area contributed by atoms with Crippen LogP contribution in [0.5, 0.6) is 11.8 Å². The zero-order valence-electron chi connectivity index (χ0n) is 14.3. The van der Waals surface area contributed by atoms with Crippen molar-refractivity contribution in [1.82, 2.24) is 15.0 Å². The molecule has 0 saturated carbocycles. The van der Waals surface area contributed by atoms with Crippen molar-refractivity contribution in [3.8, 4) is 11.8 Å². The van der Waals surface area contributed by atoms with Crippen LogP contribution in [0.25, 0.3) is 10.9 Å². The van der Waals surface area contributed by atoms with Gasteiger partial charge >= 0.3 is 0 Å². The van der Waals surface area contributed by atoms with E-state index in [4.69, 9.17) is 4.74 Å². The summed E-state index contributed by atoms with van der Waals surface area (Å²) in [5, 5.41) is 3.56. The third-order valence-electron chi connectivity index (χ3n) is 3.40. The average Bonchev–Trinajstić information content (AvgIpc) is 2.56. The lowest BCUT2D eigenvalue weighted by atomic mass is 10.2. The summed E-state index contributed by atoms with van der Waals surface area (Å²) in [7, 11) is 0. The van der Waals surface area contributed by atoms with Crippen molar-refractivity contribution in [2.45, 2.75) is 20.8 Å². The number of carbonyl (C=O) groups excluding carboxylic acids is 1. The summed E-state index contributed by atoms with van der Waals surface area (Å²) in [5.41, 5.74) is 3.23. The van der Waals surface area contributed by atoms with E-state index in [2.05, 4.69) is 20.3 Å². The van der Waals surface area contributed by atoms with Gasteiger partial charge in [-0.15, -0.1) is 0 Å². The van der Waals surface area contributed by atoms with Crippen molar-refractivity contribution in [3.63, 3.8) is 0 Å². The lowest BCUT2D eigenvalue weighted by molar-refractivity contribution is -0.112. The van der Waals surface area contributed by atoms with Crippen LogP contribution in [0.3, 0.4) is 0 Å². The minimum absolute atomic E-state index is 0.235. The molecule has 0 unspecified atom stereocenters. The third-order valence-corrected chi connectivity index (χ3v) is 3.40. The molecule has 2 heterocycles. The predicted octanol–water partition coefficient (Wildman–Crippen LogP) is 4.03. The van der Waals surface area contributed by atoms with Crippen LogP contribution in [0.15, 0.2) is 54.5 Å². The number of carbonyl (C=O) groups is 1. The largest absolute Gasteiger partial charge is 0.418 e. The second-order valence-electron chi connectivity index (χ2n) is 5.87. The summed E-state index contributed by atoms with van der Waals surface area (Å²) in [6.45, 7) is 5.70. The standard InChI is InChI=1S/C19H18N4O2/c1-12(2)9-17(24)23-16-5-4-8-20-19(16)25-18-14-10-13(3)6-7-15(14)21-11-22-18/h4-11H,1-3H3,(H,23,24). The Hall–Kier alpha value is -3.28. The quantitative estimate of drug-likeness (QED) is 0.729. The van der Waals surface area contributed by atoms with E-state index in [0.717, 1.165) is 22.0 Å². The zero-order chi connectivity index (χ0) is 17.8. The van der Waals surface area contributed by atoms with Crippen LogP contribution in [-0.2, 0) is 4.79 Å². The van der Waals surface area contributed by atoms with Gasteiger partial charge in [0.1, 0.15) is 12.0 Å². The van der Waals surface area contributed by atoms with Gasteiger partial charge < -0.3 is 10.1 Å². The van der Waals surface area contributed by atoms with Gasteiger partial charge in [0, 0.05) is 12.3 Å². The molecule has 3 rings (SSSR count). The lowest BCUT2D eigenvalue weighted by Crippen LogP contribution is -2.10. The van der Waals surface area contributed by atoms with E-state index in [1.54, 1.807) is 18.3 Å². The normalized spacial score (nSPS) is 10.4. The van der Waals surface area contributed by atoms with Gasteiger partial charge in [0.05, 0.1) is 10.9 Å². The van der Waals surface area contributed by atoms with Crippen molar-refractivity contribution in [2.24, 2.45) is 0 Å². The van der Waals surface area contributed by atoms with E-state index in [-0.39, 0.29) is 11.8 Å². The molecule has 3 aromatic rings. The summed E-state index contributed by atoms with van der Waals surface area (Å²) >= 11 is 0. The Bertz CT molecular complexity index is 963. The molecule has 0 bridgehead atoms. The number of ether oxygens (including phenoxy) is 1. The topological polar surface area (TPSA) is 77.0 Å². The molecule has 6 heteroatoms. The van der Waals surface area contributed by atoms with Crippen LogP contribution in [0.2, 0.25) is 0 Å². The van der Waals surface area contributed by atoms with E-state index in [1.165, 1.54) is 12.4 Å². The Balaban J connectivity index is 1.95. The summed E-state index contributed by atoms with van der Waals surface area (Å²) in [6.07, 6.45) is 4.55. The number of benzene rings is 1. The number of pyridine rings is 1. The average molecular weight is 334 g/mol. The molecule has 2 aromatic heterocycles. The fraction of sp³-hybridized carbons (Fsp3) is 0.158. The maximum absolute atomic E-state index is 12.0. The summed E-state index contributed by atoms with van der Waals surface area (Å²) in [4.78, 5) is 24.7. The third kappa shape index (κ3) is 3.98. The Morgan fingerprint density at radius 1 is 1.12 bits per heavy atom. The summed E-state index contributed by atoms with van der Waals surface area (Å²) < 4.78 is 5.89. The van der Waals surface area contributed by atoms with E-state index in [1.807, 2.05) is 39.0 Å². The Kier molecular flexibility index (Phi) is 4.70. The minimum Gasteiger partial charge on any atom is -0.418 e. The molecule has 0 saturated heterocycles. The van der Waals surface area contributed by atoms with Crippen molar-refractivity contribution < 1.29 is 9.53 Å². The van der Waals surface area contributed by atoms with Gasteiger partial charge in [-0.3, -0.25) is 4.79 Å². The number of nitrogens with zero attached hydrogens (tertiary/aromatic N) is 3. The highest BCUT2D eigenvalue weighted by Gasteiger charge is 2.12. The van der Waals surface area contributed by atoms with Gasteiger partial charge in [0.15, 0.2) is 0 Å². The molecular weight excluding hydrogens is 316 g/mol. The van der Waals surface area contributed by atoms with Crippen LogP contribution < -0.4 is 10.1 Å². The second-order valence-corrected chi connectivity index (χ2v) is 5.87. The van der Waals surface area contributed by atoms with Gasteiger partial charge in [0.2, 0.25) is 17.7 Å². The highest BCUT2D eigenvalue weighted by atomic mass is 16.5. The smallest absolute Gasteiger partial charge is 0.248 e. The first-order valence-electron chi connectivity index (χ1n) is 7.83. The molecule has 1 amide bonds. The molecule has 1 aromatic carbocycles. The number of nitrogens with one attached hydrogen (secondary N) is 1. The molecule has 25 heavy (non-hydrogen) atoms. The monoisotopic (exact) mass is 334 g/mol. The highest BCUT2D eigenvalue weighted by Crippen LogP contribution is 2.30. The molecule has 126 valence electrons. The first-order valence-corrected chi connectivity index (χ1v) is 7.83. The zero-order valence-corrected chi connectivity index (χ0v) is 14.3. The first-order chi connectivity index (χ1) is 12.0. The van der Waals surface area contributed by atoms with Crippen LogP contribution in [-0.4, -0.2) is 20.9 Å². The predicted molar refractivity (Wildman–Crippen MR) is 96.6 cm³/mol. The number of rotatable bonds is 4. The molecule has 6 nitrogen and oxygen atoms in total. The van der Waals surface area contributed by atoms with Crippen LogP contribution >= 0.6 is 0 Å². The number of aryl methyl sites for hydroxylation is 1. The summed E-state index contributed by atoms with van der Waals surface area (Å²) in [5.74, 6) is 0.436. The fourth-order valence-electron chi connectivity index (χ4n) is 2.32. The number of anilines is 1. The van der Waals surface area contributed by atoms with E-state index in [9.17, 15) is 4.79 Å². The maximum atomic E-state index is 12.0. The number of fused-ring (bicyclic) bond motifs is 1. The maximum Gasteiger partial charge on any atom is 0.248 e. The number of allylic oxidation sites excluding steroid dienone is 1. The molecule has 0 aliphatic heterocycles. The number of hydrogen-bond acceptors (Lipinski definition) is 5. The minimum atomic E-state index is -0.235. The van der Waals surface area contributed by atoms with Crippen molar-refractivity contribution in [1.29, 1.82) is 0 Å². The molecule has 0 atom stereocenters. The molecule has 0 radical (unpaired) electrons. The molecule has 0 aliphatic carbocycles. The first kappa shape index (κ1) is 16.6. The Labute approximate surface area is 145 Å². The highest BCUT2D eigenvalue weighted by molar-refractivity contribution is 6.00. The van der Waals surface area contributed by atoms with Gasteiger partial charge in [-0.1, -0.05) is 17.2 Å². The molecule has 0 aliphatic rings. The molecule has 0 fully saturated rings. The Morgan fingerprint density at radius 2 is 1.96 bits per heavy atom. The van der Waals surface area contributed by atoms with E-state index in [0.29, 0.717) is 11.6 Å². The van der Waals surface area contributed by atoms with Gasteiger partial charge in [-0.25, -0.2) is 15.0 Å². The number of hydrogen-bond donors (Lipinski definition) is 1. The number of amides is 1. The van der Waals surface area contributed by atoms with E-state index >= 15 is 0 Å². The van der Waals surface area contributed by atoms with Crippen molar-refractivity contribution in [2.75, 3.05) is 5.32 Å². The molecular formula is C19H18N4O2. The van der Waals surface area contributed by atoms with Gasteiger partial charge in [-0.05, 0) is 45.0 Å². The van der Waals surface area contributed by atoms with Crippen LogP contribution in [0.4, 0.5) is 5.69 Å². The van der Waals surface area contributed by atoms with Gasteiger partial charge in [-0.2, -0.15) is 0 Å². The SMILES string of the molecule is CC(C)=CC(=O)Nc1cccnc1Oc1ncnc2ccc(C)cc12. The van der Waals surface area contributed by atoms with E-state index < -0.39 is 0 Å². The van der Waals surface area contributed by atoms with Crippen LogP contribution in [0, 0.1) is 6.92 Å². The molecule has 0 spiro atoms. The van der Waals surface area contributed by atoms with Gasteiger partial charge in [0.25, 0.3) is 0 Å². The number of aromatic nitrogens is 3. The second kappa shape index (κ2) is 7.09. The van der Waals surface area contributed by atoms with Crippen molar-refractivity contribution >= 4 is 22.5 Å².